The van der Waals surface area contributed by atoms with Gasteiger partial charge in [0.1, 0.15) is 4.90 Å². The summed E-state index contributed by atoms with van der Waals surface area (Å²) in [5.74, 6) is 0. The minimum atomic E-state index is -4.57. The van der Waals surface area contributed by atoms with Gasteiger partial charge in [-0.2, -0.15) is 8.42 Å². The van der Waals surface area contributed by atoms with Crippen LogP contribution in [0.25, 0.3) is 57.5 Å². The van der Waals surface area contributed by atoms with Crippen LogP contribution in [0.1, 0.15) is 22.8 Å². The van der Waals surface area contributed by atoms with Crippen LogP contribution >= 0.6 is 0 Å². The molecule has 8 heteroatoms. The lowest BCUT2D eigenvalue weighted by molar-refractivity contribution is 0.484. The van der Waals surface area contributed by atoms with Crippen molar-refractivity contribution in [2.75, 3.05) is 0 Å². The van der Waals surface area contributed by atoms with Gasteiger partial charge in [0.15, 0.2) is 0 Å². The molecule has 2 aliphatic rings. The Balaban J connectivity index is 1.79. The second-order valence-electron chi connectivity index (χ2n) is 8.03. The Hall–Kier alpha value is -4.27. The van der Waals surface area contributed by atoms with Crippen LogP contribution in [0.2, 0.25) is 0 Å². The van der Waals surface area contributed by atoms with Crippen molar-refractivity contribution in [3.8, 4) is 11.1 Å². The van der Waals surface area contributed by atoms with Crippen LogP contribution in [0, 0.1) is 0 Å². The number of aromatic amines is 2. The maximum atomic E-state index is 12.6. The standard InChI is InChI=1S/C26H18N4O3S/c31-34(32,33)26-24-15-22-11-9-20(29-22)13-18-7-6-17(27-18)12-19-8-10-21(28-19)14-23(30-24)25(26)16-4-2-1-3-5-16/h1-15,27,30H,(H,31,32,33). The van der Waals surface area contributed by atoms with E-state index in [1.165, 1.54) is 0 Å². The lowest BCUT2D eigenvalue weighted by Gasteiger charge is -2.03. The Bertz CT molecular complexity index is 1780. The van der Waals surface area contributed by atoms with E-state index in [-0.39, 0.29) is 10.4 Å². The number of aromatic nitrogens is 4. The molecule has 34 heavy (non-hydrogen) atoms. The van der Waals surface area contributed by atoms with Crippen molar-refractivity contribution in [2.24, 2.45) is 0 Å². The van der Waals surface area contributed by atoms with Gasteiger partial charge in [0.2, 0.25) is 0 Å². The molecule has 2 aliphatic heterocycles. The van der Waals surface area contributed by atoms with Gasteiger partial charge in [0.05, 0.1) is 33.8 Å². The monoisotopic (exact) mass is 466 g/mol. The van der Waals surface area contributed by atoms with E-state index >= 15 is 0 Å². The summed E-state index contributed by atoms with van der Waals surface area (Å²) in [5.41, 5.74) is 6.25. The molecule has 0 unspecified atom stereocenters. The second kappa shape index (κ2) is 7.65. The number of fused-ring (bicyclic) bond motifs is 8. The highest BCUT2D eigenvalue weighted by Gasteiger charge is 2.23. The molecule has 0 spiro atoms. The SMILES string of the molecule is O=S(=O)(O)c1c(-c2ccccc2)c2cc3nc(cc4ccc(cc5nc(cc1[nH]2)C=C5)[nH]4)C=C3. The lowest BCUT2D eigenvalue weighted by atomic mass is 10.1. The van der Waals surface area contributed by atoms with Crippen molar-refractivity contribution in [2.45, 2.75) is 4.90 Å². The van der Waals surface area contributed by atoms with Crippen molar-refractivity contribution < 1.29 is 13.0 Å². The van der Waals surface area contributed by atoms with Gasteiger partial charge >= 0.3 is 0 Å². The predicted molar refractivity (Wildman–Crippen MR) is 134 cm³/mol. The first-order valence-electron chi connectivity index (χ1n) is 10.6. The smallest absolute Gasteiger partial charge is 0.297 e. The zero-order valence-corrected chi connectivity index (χ0v) is 18.5. The fourth-order valence-electron chi connectivity index (χ4n) is 4.21. The Labute approximate surface area is 194 Å². The van der Waals surface area contributed by atoms with E-state index in [9.17, 15) is 13.0 Å². The molecule has 166 valence electrons. The molecule has 8 bridgehead atoms. The average Bonchev–Trinajstić information content (AvgIpc) is 3.58. The van der Waals surface area contributed by atoms with Crippen LogP contribution in [0.15, 0.2) is 71.6 Å². The molecule has 0 atom stereocenters. The largest absolute Gasteiger partial charge is 0.355 e. The number of nitrogens with one attached hydrogen (secondary N) is 2. The fourth-order valence-corrected chi connectivity index (χ4v) is 5.09. The third-order valence-corrected chi connectivity index (χ3v) is 6.56. The van der Waals surface area contributed by atoms with Gasteiger partial charge in [0.25, 0.3) is 10.1 Å². The van der Waals surface area contributed by atoms with Gasteiger partial charge in [-0.05, 0) is 66.3 Å². The zero-order valence-electron chi connectivity index (χ0n) is 17.7. The summed E-state index contributed by atoms with van der Waals surface area (Å²) in [5, 5.41) is 0. The van der Waals surface area contributed by atoms with Crippen molar-refractivity contribution in [1.82, 2.24) is 19.9 Å². The average molecular weight is 467 g/mol. The molecule has 1 aromatic carbocycles. The van der Waals surface area contributed by atoms with Gasteiger partial charge in [-0.25, -0.2) is 9.97 Å². The second-order valence-corrected chi connectivity index (χ2v) is 9.39. The maximum Gasteiger partial charge on any atom is 0.297 e. The number of benzene rings is 1. The van der Waals surface area contributed by atoms with Crippen LogP contribution in [-0.4, -0.2) is 32.9 Å². The Kier molecular flexibility index (Phi) is 4.58. The molecule has 6 rings (SSSR count). The van der Waals surface area contributed by atoms with Gasteiger partial charge in [-0.3, -0.25) is 4.55 Å². The van der Waals surface area contributed by atoms with Gasteiger partial charge in [-0.1, -0.05) is 30.3 Å². The molecule has 4 aromatic rings. The van der Waals surface area contributed by atoms with Crippen molar-refractivity contribution in [3.05, 3.63) is 89.5 Å². The highest BCUT2D eigenvalue weighted by Crippen LogP contribution is 2.35. The summed E-state index contributed by atoms with van der Waals surface area (Å²) in [6, 6.07) is 20.2. The van der Waals surface area contributed by atoms with Crippen LogP contribution in [0.5, 0.6) is 0 Å². The number of nitrogens with zero attached hydrogens (tertiary/aromatic N) is 2. The minimum Gasteiger partial charge on any atom is -0.355 e. The topological polar surface area (TPSA) is 112 Å². The van der Waals surface area contributed by atoms with Crippen molar-refractivity contribution in [3.63, 3.8) is 0 Å². The van der Waals surface area contributed by atoms with Gasteiger partial charge in [-0.15, -0.1) is 0 Å². The zero-order chi connectivity index (χ0) is 23.3. The van der Waals surface area contributed by atoms with Crippen LogP contribution in [0.3, 0.4) is 0 Å². The molecule has 0 saturated heterocycles. The Morgan fingerprint density at radius 1 is 0.647 bits per heavy atom. The van der Waals surface area contributed by atoms with Crippen LogP contribution in [-0.2, 0) is 10.1 Å². The first-order chi connectivity index (χ1) is 16.4. The van der Waals surface area contributed by atoms with Crippen molar-refractivity contribution >= 4 is 56.5 Å². The summed E-state index contributed by atoms with van der Waals surface area (Å²) in [7, 11) is -4.57. The van der Waals surface area contributed by atoms with E-state index in [4.69, 9.17) is 0 Å². The summed E-state index contributed by atoms with van der Waals surface area (Å²) < 4.78 is 35.4. The first-order valence-corrected chi connectivity index (χ1v) is 12.0. The summed E-state index contributed by atoms with van der Waals surface area (Å²) in [6.07, 6.45) is 7.39. The van der Waals surface area contributed by atoms with Gasteiger partial charge < -0.3 is 9.97 Å². The molecular weight excluding hydrogens is 448 g/mol. The molecule has 7 nitrogen and oxygen atoms in total. The Morgan fingerprint density at radius 2 is 1.18 bits per heavy atom. The number of hydrogen-bond acceptors (Lipinski definition) is 4. The highest BCUT2D eigenvalue weighted by molar-refractivity contribution is 7.86. The predicted octanol–water partition coefficient (Wildman–Crippen LogP) is 5.57. The first kappa shape index (κ1) is 20.3. The fraction of sp³-hybridized carbons (Fsp3) is 0. The third-order valence-electron chi connectivity index (χ3n) is 5.62. The summed E-state index contributed by atoms with van der Waals surface area (Å²) in [6.45, 7) is 0. The molecule has 3 aromatic heterocycles. The van der Waals surface area contributed by atoms with Crippen LogP contribution < -0.4 is 0 Å². The van der Waals surface area contributed by atoms with E-state index in [0.29, 0.717) is 28.0 Å². The summed E-state index contributed by atoms with van der Waals surface area (Å²) >= 11 is 0. The van der Waals surface area contributed by atoms with Crippen molar-refractivity contribution in [1.29, 1.82) is 0 Å². The summed E-state index contributed by atoms with van der Waals surface area (Å²) in [4.78, 5) is 15.5. The van der Waals surface area contributed by atoms with E-state index in [0.717, 1.165) is 22.4 Å². The number of H-pyrrole nitrogens is 2. The molecule has 0 saturated carbocycles. The Morgan fingerprint density at radius 3 is 1.74 bits per heavy atom. The van der Waals surface area contributed by atoms with Gasteiger partial charge in [0, 0.05) is 16.6 Å². The molecule has 3 N–H and O–H groups in total. The minimum absolute atomic E-state index is 0.199. The third kappa shape index (κ3) is 3.75. The van der Waals surface area contributed by atoms with E-state index in [1.807, 2.05) is 60.7 Å². The molecular formula is C26H18N4O3S. The molecule has 0 fully saturated rings. The molecule has 0 amide bonds. The lowest BCUT2D eigenvalue weighted by Crippen LogP contribution is -1.99. The molecule has 0 aliphatic carbocycles. The quantitative estimate of drug-likeness (QED) is 0.289. The number of rotatable bonds is 2. The van der Waals surface area contributed by atoms with E-state index in [1.54, 1.807) is 30.3 Å². The van der Waals surface area contributed by atoms with Crippen LogP contribution in [0.4, 0.5) is 0 Å². The van der Waals surface area contributed by atoms with E-state index in [2.05, 4.69) is 19.9 Å². The molecule has 5 heterocycles. The maximum absolute atomic E-state index is 12.6. The normalized spacial score (nSPS) is 12.9. The highest BCUT2D eigenvalue weighted by atomic mass is 32.2. The number of hydrogen-bond donors (Lipinski definition) is 3. The van der Waals surface area contributed by atoms with E-state index < -0.39 is 10.1 Å². The molecule has 0 radical (unpaired) electrons.